The molecule has 1 heteroatoms. The lowest BCUT2D eigenvalue weighted by molar-refractivity contribution is 0.357. The van der Waals surface area contributed by atoms with Crippen molar-refractivity contribution in [1.82, 2.24) is 0 Å². The molecule has 0 aliphatic carbocycles. The molecule has 0 radical (unpaired) electrons. The number of hydrogen-bond acceptors (Lipinski definition) is 1. The van der Waals surface area contributed by atoms with Crippen molar-refractivity contribution < 1.29 is 4.74 Å². The lowest BCUT2D eigenvalue weighted by Gasteiger charge is -2.01. The molecule has 13 heavy (non-hydrogen) atoms. The summed E-state index contributed by atoms with van der Waals surface area (Å²) in [5.41, 5.74) is 2.68. The van der Waals surface area contributed by atoms with Crippen LogP contribution in [0.4, 0.5) is 0 Å². The van der Waals surface area contributed by atoms with Crippen LogP contribution in [-0.4, -0.2) is 6.61 Å². The van der Waals surface area contributed by atoms with Gasteiger partial charge in [0.25, 0.3) is 0 Å². The Balaban J connectivity index is 2.36. The first kappa shape index (κ1) is 8.36. The van der Waals surface area contributed by atoms with Gasteiger partial charge in [-0.25, -0.2) is 0 Å². The first-order chi connectivity index (χ1) is 6.42. The van der Waals surface area contributed by atoms with Crippen LogP contribution in [0.5, 0.6) is 5.75 Å². The van der Waals surface area contributed by atoms with Gasteiger partial charge in [-0.05, 0) is 18.1 Å². The molecule has 68 valence electrons. The van der Waals surface area contributed by atoms with Crippen molar-refractivity contribution in [2.24, 2.45) is 0 Å². The van der Waals surface area contributed by atoms with E-state index in [-0.39, 0.29) is 0 Å². The maximum Gasteiger partial charge on any atom is 0.123 e. The molecule has 0 N–H and O–H groups in total. The third kappa shape index (κ3) is 1.59. The fraction of sp³-hybridized carbons (Fsp3) is 0.333. The number of benzene rings is 1. The van der Waals surface area contributed by atoms with Crippen LogP contribution in [0.15, 0.2) is 24.3 Å². The summed E-state index contributed by atoms with van der Waals surface area (Å²) < 4.78 is 5.49. The van der Waals surface area contributed by atoms with Crippen molar-refractivity contribution in [3.63, 3.8) is 0 Å². The van der Waals surface area contributed by atoms with Crippen LogP contribution in [0.1, 0.15) is 24.5 Å². The zero-order valence-corrected chi connectivity index (χ0v) is 7.92. The van der Waals surface area contributed by atoms with Crippen molar-refractivity contribution in [3.8, 4) is 5.75 Å². The molecule has 0 saturated heterocycles. The molecule has 1 aliphatic rings. The average Bonchev–Trinajstić information content (AvgIpc) is 2.62. The van der Waals surface area contributed by atoms with Crippen molar-refractivity contribution in [1.29, 1.82) is 0 Å². The third-order valence-electron chi connectivity index (χ3n) is 2.31. The van der Waals surface area contributed by atoms with Crippen LogP contribution in [0.2, 0.25) is 0 Å². The van der Waals surface area contributed by atoms with Gasteiger partial charge in [0.05, 0.1) is 6.61 Å². The minimum atomic E-state index is 0.840. The monoisotopic (exact) mass is 174 g/mol. The highest BCUT2D eigenvalue weighted by atomic mass is 16.5. The lowest BCUT2D eigenvalue weighted by Crippen LogP contribution is -1.86. The molecule has 1 aromatic rings. The highest BCUT2D eigenvalue weighted by molar-refractivity contribution is 5.59. The minimum absolute atomic E-state index is 0.840. The normalized spacial score (nSPS) is 14.5. The van der Waals surface area contributed by atoms with Gasteiger partial charge in [-0.2, -0.15) is 0 Å². The molecular weight excluding hydrogens is 160 g/mol. The van der Waals surface area contributed by atoms with Gasteiger partial charge in [-0.3, -0.25) is 0 Å². The molecule has 1 heterocycles. The predicted molar refractivity (Wildman–Crippen MR) is 55.0 cm³/mol. The van der Waals surface area contributed by atoms with Crippen LogP contribution in [0.3, 0.4) is 0 Å². The largest absolute Gasteiger partial charge is 0.493 e. The average molecular weight is 174 g/mol. The van der Waals surface area contributed by atoms with Gasteiger partial charge in [0, 0.05) is 12.0 Å². The van der Waals surface area contributed by atoms with Crippen LogP contribution in [0, 0.1) is 0 Å². The van der Waals surface area contributed by atoms with Gasteiger partial charge in [0.1, 0.15) is 5.75 Å². The maximum absolute atomic E-state index is 5.49. The molecule has 1 nitrogen and oxygen atoms in total. The molecule has 0 amide bonds. The molecule has 0 bridgehead atoms. The van der Waals surface area contributed by atoms with Gasteiger partial charge >= 0.3 is 0 Å². The Labute approximate surface area is 79.0 Å². The fourth-order valence-corrected chi connectivity index (χ4v) is 1.65. The molecule has 0 saturated carbocycles. The van der Waals surface area contributed by atoms with Gasteiger partial charge in [0.15, 0.2) is 0 Å². The van der Waals surface area contributed by atoms with E-state index < -0.39 is 0 Å². The summed E-state index contributed by atoms with van der Waals surface area (Å²) in [6.45, 7) is 2.99. The van der Waals surface area contributed by atoms with E-state index >= 15 is 0 Å². The molecule has 0 atom stereocenters. The van der Waals surface area contributed by atoms with E-state index in [0.717, 1.165) is 25.2 Å². The number of rotatable bonds is 2. The van der Waals surface area contributed by atoms with E-state index in [1.807, 2.05) is 6.07 Å². The third-order valence-corrected chi connectivity index (χ3v) is 2.31. The van der Waals surface area contributed by atoms with E-state index in [9.17, 15) is 0 Å². The molecule has 0 spiro atoms. The summed E-state index contributed by atoms with van der Waals surface area (Å²) in [5, 5.41) is 0. The first-order valence-corrected chi connectivity index (χ1v) is 4.83. The Morgan fingerprint density at radius 1 is 1.46 bits per heavy atom. The molecular formula is C12H14O. The van der Waals surface area contributed by atoms with Crippen LogP contribution in [-0.2, 0) is 6.42 Å². The van der Waals surface area contributed by atoms with E-state index in [1.165, 1.54) is 11.1 Å². The topological polar surface area (TPSA) is 9.23 Å². The van der Waals surface area contributed by atoms with E-state index in [2.05, 4.69) is 31.2 Å². The second-order valence-electron chi connectivity index (χ2n) is 3.23. The Hall–Kier alpha value is -1.24. The number of allylic oxidation sites excluding steroid dienone is 1. The van der Waals surface area contributed by atoms with Crippen molar-refractivity contribution in [3.05, 3.63) is 35.4 Å². The SMILES string of the molecule is CC/C=C\c1cccc2c1CCO2. The number of hydrogen-bond donors (Lipinski definition) is 0. The highest BCUT2D eigenvalue weighted by Crippen LogP contribution is 2.28. The highest BCUT2D eigenvalue weighted by Gasteiger charge is 2.13. The summed E-state index contributed by atoms with van der Waals surface area (Å²) in [7, 11) is 0. The van der Waals surface area contributed by atoms with Crippen LogP contribution >= 0.6 is 0 Å². The minimum Gasteiger partial charge on any atom is -0.493 e. The van der Waals surface area contributed by atoms with E-state index in [0.29, 0.717) is 0 Å². The lowest BCUT2D eigenvalue weighted by atomic mass is 10.0. The zero-order valence-electron chi connectivity index (χ0n) is 7.92. The van der Waals surface area contributed by atoms with Gasteiger partial charge in [-0.1, -0.05) is 31.2 Å². The molecule has 1 aromatic carbocycles. The number of ether oxygens (including phenoxy) is 1. The summed E-state index contributed by atoms with van der Waals surface area (Å²) in [6, 6.07) is 6.25. The molecule has 2 rings (SSSR count). The summed E-state index contributed by atoms with van der Waals surface area (Å²) in [5.74, 6) is 1.07. The quantitative estimate of drug-likeness (QED) is 0.669. The first-order valence-electron chi connectivity index (χ1n) is 4.83. The maximum atomic E-state index is 5.49. The summed E-state index contributed by atoms with van der Waals surface area (Å²) in [4.78, 5) is 0. The molecule has 0 unspecified atom stereocenters. The molecule has 1 aliphatic heterocycles. The van der Waals surface area contributed by atoms with Crippen molar-refractivity contribution >= 4 is 6.08 Å². The predicted octanol–water partition coefficient (Wildman–Crippen LogP) is 3.04. The van der Waals surface area contributed by atoms with Crippen LogP contribution in [0.25, 0.3) is 6.08 Å². The summed E-state index contributed by atoms with van der Waals surface area (Å²) >= 11 is 0. The second kappa shape index (κ2) is 3.65. The number of fused-ring (bicyclic) bond motifs is 1. The van der Waals surface area contributed by atoms with Gasteiger partial charge in [0.2, 0.25) is 0 Å². The standard InChI is InChI=1S/C12H14O/c1-2-3-5-10-6-4-7-12-11(10)8-9-13-12/h3-7H,2,8-9H2,1H3/b5-3-. The Morgan fingerprint density at radius 3 is 3.23 bits per heavy atom. The zero-order chi connectivity index (χ0) is 9.10. The smallest absolute Gasteiger partial charge is 0.123 e. The van der Waals surface area contributed by atoms with Crippen molar-refractivity contribution in [2.45, 2.75) is 19.8 Å². The van der Waals surface area contributed by atoms with Gasteiger partial charge < -0.3 is 4.74 Å². The van der Waals surface area contributed by atoms with E-state index in [4.69, 9.17) is 4.74 Å². The van der Waals surface area contributed by atoms with E-state index in [1.54, 1.807) is 0 Å². The second-order valence-corrected chi connectivity index (χ2v) is 3.23. The van der Waals surface area contributed by atoms with Crippen molar-refractivity contribution in [2.75, 3.05) is 6.61 Å². The fourth-order valence-electron chi connectivity index (χ4n) is 1.65. The van der Waals surface area contributed by atoms with Gasteiger partial charge in [-0.15, -0.1) is 0 Å². The molecule has 0 aromatic heterocycles. The Morgan fingerprint density at radius 2 is 2.38 bits per heavy atom. The molecule has 0 fully saturated rings. The van der Waals surface area contributed by atoms with Crippen LogP contribution < -0.4 is 4.74 Å². The summed E-state index contributed by atoms with van der Waals surface area (Å²) in [6.07, 6.45) is 6.52. The Kier molecular flexibility index (Phi) is 2.35. The Bertz CT molecular complexity index is 326.